The Morgan fingerprint density at radius 1 is 1.41 bits per heavy atom. The minimum absolute atomic E-state index is 0.0315. The number of amides is 1. The van der Waals surface area contributed by atoms with Crippen LogP contribution in [0.1, 0.15) is 10.4 Å². The lowest BCUT2D eigenvalue weighted by atomic mass is 10.2. The Morgan fingerprint density at radius 2 is 2.12 bits per heavy atom. The predicted molar refractivity (Wildman–Crippen MR) is 62.1 cm³/mol. The van der Waals surface area contributed by atoms with Crippen molar-refractivity contribution in [2.75, 3.05) is 13.2 Å². The Morgan fingerprint density at radius 3 is 2.76 bits per heavy atom. The van der Waals surface area contributed by atoms with E-state index in [9.17, 15) is 9.59 Å². The van der Waals surface area contributed by atoms with Crippen LogP contribution < -0.4 is 10.1 Å². The molecular formula is C12H13NO4. The van der Waals surface area contributed by atoms with Crippen molar-refractivity contribution in [3.8, 4) is 5.75 Å². The van der Waals surface area contributed by atoms with Gasteiger partial charge in [0, 0.05) is 6.54 Å². The third-order valence-electron chi connectivity index (χ3n) is 1.92. The van der Waals surface area contributed by atoms with Crippen molar-refractivity contribution in [1.82, 2.24) is 5.32 Å². The van der Waals surface area contributed by atoms with E-state index in [0.717, 1.165) is 0 Å². The predicted octanol–water partition coefficient (Wildman–Crippen LogP) is 1.07. The Labute approximate surface area is 98.7 Å². The second-order valence-corrected chi connectivity index (χ2v) is 3.18. The van der Waals surface area contributed by atoms with Crippen LogP contribution in [0.2, 0.25) is 0 Å². The van der Waals surface area contributed by atoms with E-state index in [1.807, 2.05) is 0 Å². The molecule has 0 aliphatic rings. The Bertz CT molecular complexity index is 428. The molecule has 0 atom stereocenters. The maximum absolute atomic E-state index is 11.2. The molecule has 0 aliphatic heterocycles. The normalized spacial score (nSPS) is 9.41. The molecule has 90 valence electrons. The first-order chi connectivity index (χ1) is 8.15. The standard InChI is InChI=1S/C12H13NO4/c1-2-7-13-11(14)8-17-10-6-4-3-5-9(10)12(15)16/h2-6H,1,7-8H2,(H,13,14)(H,15,16). The third-order valence-corrected chi connectivity index (χ3v) is 1.92. The number of carboxylic acid groups (broad SMARTS) is 1. The van der Waals surface area contributed by atoms with Crippen LogP contribution in [0.4, 0.5) is 0 Å². The van der Waals surface area contributed by atoms with Crippen LogP contribution in [0, 0.1) is 0 Å². The van der Waals surface area contributed by atoms with Gasteiger partial charge in [0.1, 0.15) is 11.3 Å². The van der Waals surface area contributed by atoms with Crippen molar-refractivity contribution in [3.05, 3.63) is 42.5 Å². The van der Waals surface area contributed by atoms with Gasteiger partial charge in [-0.25, -0.2) is 4.79 Å². The van der Waals surface area contributed by atoms with E-state index < -0.39 is 5.97 Å². The average Bonchev–Trinajstić information content (AvgIpc) is 2.34. The number of carbonyl (C=O) groups excluding carboxylic acids is 1. The van der Waals surface area contributed by atoms with E-state index in [1.54, 1.807) is 18.2 Å². The van der Waals surface area contributed by atoms with Crippen molar-refractivity contribution >= 4 is 11.9 Å². The lowest BCUT2D eigenvalue weighted by Gasteiger charge is -2.08. The zero-order valence-electron chi connectivity index (χ0n) is 9.18. The lowest BCUT2D eigenvalue weighted by Crippen LogP contribution is -2.29. The van der Waals surface area contributed by atoms with E-state index in [-0.39, 0.29) is 23.8 Å². The van der Waals surface area contributed by atoms with Crippen molar-refractivity contribution in [2.24, 2.45) is 0 Å². The average molecular weight is 235 g/mol. The van der Waals surface area contributed by atoms with E-state index in [4.69, 9.17) is 9.84 Å². The molecule has 1 aromatic carbocycles. The van der Waals surface area contributed by atoms with Gasteiger partial charge < -0.3 is 15.2 Å². The quantitative estimate of drug-likeness (QED) is 0.723. The molecule has 0 unspecified atom stereocenters. The van der Waals surface area contributed by atoms with Crippen molar-refractivity contribution in [1.29, 1.82) is 0 Å². The number of ether oxygens (including phenoxy) is 1. The van der Waals surface area contributed by atoms with Crippen molar-refractivity contribution < 1.29 is 19.4 Å². The molecule has 0 radical (unpaired) electrons. The molecule has 0 saturated heterocycles. The first-order valence-electron chi connectivity index (χ1n) is 4.98. The Hall–Kier alpha value is -2.30. The summed E-state index contributed by atoms with van der Waals surface area (Å²) in [7, 11) is 0. The minimum Gasteiger partial charge on any atom is -0.483 e. The maximum atomic E-state index is 11.2. The first-order valence-corrected chi connectivity index (χ1v) is 4.98. The van der Waals surface area contributed by atoms with E-state index in [2.05, 4.69) is 11.9 Å². The second-order valence-electron chi connectivity index (χ2n) is 3.18. The summed E-state index contributed by atoms with van der Waals surface area (Å²) in [4.78, 5) is 22.1. The number of rotatable bonds is 6. The molecule has 1 amide bonds. The van der Waals surface area contributed by atoms with Crippen molar-refractivity contribution in [3.63, 3.8) is 0 Å². The molecule has 0 spiro atoms. The van der Waals surface area contributed by atoms with Crippen LogP contribution in [-0.2, 0) is 4.79 Å². The molecular weight excluding hydrogens is 222 g/mol. The molecule has 1 aromatic rings. The summed E-state index contributed by atoms with van der Waals surface area (Å²) >= 11 is 0. The highest BCUT2D eigenvalue weighted by Crippen LogP contribution is 2.17. The number of nitrogens with one attached hydrogen (secondary N) is 1. The summed E-state index contributed by atoms with van der Waals surface area (Å²) in [6.07, 6.45) is 1.54. The van der Waals surface area contributed by atoms with Gasteiger partial charge in [-0.2, -0.15) is 0 Å². The molecule has 2 N–H and O–H groups in total. The van der Waals surface area contributed by atoms with Crippen LogP contribution in [0.25, 0.3) is 0 Å². The maximum Gasteiger partial charge on any atom is 0.339 e. The zero-order valence-corrected chi connectivity index (χ0v) is 9.18. The largest absolute Gasteiger partial charge is 0.483 e. The Balaban J connectivity index is 2.60. The summed E-state index contributed by atoms with van der Waals surface area (Å²) in [6.45, 7) is 3.58. The molecule has 5 nitrogen and oxygen atoms in total. The smallest absolute Gasteiger partial charge is 0.339 e. The van der Waals surface area contributed by atoms with Crippen LogP contribution in [-0.4, -0.2) is 30.1 Å². The summed E-state index contributed by atoms with van der Waals surface area (Å²) in [5.74, 6) is -1.24. The fourth-order valence-electron chi connectivity index (χ4n) is 1.15. The fraction of sp³-hybridized carbons (Fsp3) is 0.167. The summed E-state index contributed by atoms with van der Waals surface area (Å²) in [5, 5.41) is 11.4. The zero-order chi connectivity index (χ0) is 12.7. The topological polar surface area (TPSA) is 75.6 Å². The van der Waals surface area contributed by atoms with Crippen LogP contribution in [0.5, 0.6) is 5.75 Å². The number of carbonyl (C=O) groups is 2. The lowest BCUT2D eigenvalue weighted by molar-refractivity contribution is -0.122. The number of aromatic carboxylic acids is 1. The van der Waals surface area contributed by atoms with Gasteiger partial charge in [0.05, 0.1) is 0 Å². The highest BCUT2D eigenvalue weighted by molar-refractivity contribution is 5.91. The monoisotopic (exact) mass is 235 g/mol. The van der Waals surface area contributed by atoms with Crippen LogP contribution >= 0.6 is 0 Å². The van der Waals surface area contributed by atoms with Gasteiger partial charge in [0.15, 0.2) is 6.61 Å². The molecule has 0 aliphatic carbocycles. The van der Waals surface area contributed by atoms with Gasteiger partial charge in [0.25, 0.3) is 5.91 Å². The summed E-state index contributed by atoms with van der Waals surface area (Å²) in [6, 6.07) is 6.15. The van der Waals surface area contributed by atoms with E-state index >= 15 is 0 Å². The highest BCUT2D eigenvalue weighted by Gasteiger charge is 2.11. The van der Waals surface area contributed by atoms with E-state index in [1.165, 1.54) is 12.1 Å². The Kier molecular flexibility index (Phi) is 4.75. The number of benzene rings is 1. The molecule has 5 heteroatoms. The molecule has 17 heavy (non-hydrogen) atoms. The SMILES string of the molecule is C=CCNC(=O)COc1ccccc1C(=O)O. The molecule has 0 heterocycles. The van der Waals surface area contributed by atoms with Gasteiger partial charge in [-0.05, 0) is 12.1 Å². The van der Waals surface area contributed by atoms with Crippen LogP contribution in [0.15, 0.2) is 36.9 Å². The van der Waals surface area contributed by atoms with Gasteiger partial charge in [-0.1, -0.05) is 18.2 Å². The van der Waals surface area contributed by atoms with Gasteiger partial charge >= 0.3 is 5.97 Å². The minimum atomic E-state index is -1.09. The number of para-hydroxylation sites is 1. The molecule has 0 aromatic heterocycles. The molecule has 0 saturated carbocycles. The van der Waals surface area contributed by atoms with Crippen molar-refractivity contribution in [2.45, 2.75) is 0 Å². The summed E-state index contributed by atoms with van der Waals surface area (Å²) in [5.41, 5.74) is 0.0315. The number of hydrogen-bond acceptors (Lipinski definition) is 3. The van der Waals surface area contributed by atoms with Gasteiger partial charge in [-0.3, -0.25) is 4.79 Å². The molecule has 0 fully saturated rings. The second kappa shape index (κ2) is 6.32. The first kappa shape index (κ1) is 12.8. The number of carboxylic acids is 1. The molecule has 1 rings (SSSR count). The van der Waals surface area contributed by atoms with Gasteiger partial charge in [0.2, 0.25) is 0 Å². The van der Waals surface area contributed by atoms with Gasteiger partial charge in [-0.15, -0.1) is 6.58 Å². The third kappa shape index (κ3) is 3.98. The van der Waals surface area contributed by atoms with E-state index in [0.29, 0.717) is 6.54 Å². The van der Waals surface area contributed by atoms with Crippen LogP contribution in [0.3, 0.4) is 0 Å². The highest BCUT2D eigenvalue weighted by atomic mass is 16.5. The number of hydrogen-bond donors (Lipinski definition) is 2. The fourth-order valence-corrected chi connectivity index (χ4v) is 1.15. The summed E-state index contributed by atoms with van der Waals surface area (Å²) < 4.78 is 5.13. The molecule has 0 bridgehead atoms.